The number of aliphatic carboxylic acids is 1. The zero-order valence-electron chi connectivity index (χ0n) is 14.2. The van der Waals surface area contributed by atoms with Crippen molar-refractivity contribution in [2.24, 2.45) is 0 Å². The lowest BCUT2D eigenvalue weighted by atomic mass is 10.2. The smallest absolute Gasteiger partial charge is 0.317 e. The largest absolute Gasteiger partial charge is 0.480 e. The molecule has 0 atom stereocenters. The standard InChI is InChI=1S/C18H21FN4O2/c1-2-13-11-16(23-9-7-22(8-10-23)12-17(24)25)21-18(20-13)14-5-3-4-6-15(14)19/h3-6,11H,2,7-10,12H2,1H3,(H,24,25). The molecule has 1 aromatic heterocycles. The topological polar surface area (TPSA) is 69.6 Å². The van der Waals surface area contributed by atoms with Crippen LogP contribution in [0.1, 0.15) is 12.6 Å². The molecule has 0 saturated carbocycles. The molecule has 0 bridgehead atoms. The molecule has 0 unspecified atom stereocenters. The predicted octanol–water partition coefficient (Wildman–Crippen LogP) is 2.05. The van der Waals surface area contributed by atoms with E-state index in [2.05, 4.69) is 14.9 Å². The van der Waals surface area contributed by atoms with Crippen LogP contribution in [0.25, 0.3) is 11.4 Å². The van der Waals surface area contributed by atoms with Crippen LogP contribution >= 0.6 is 0 Å². The van der Waals surface area contributed by atoms with Crippen LogP contribution in [0.15, 0.2) is 30.3 Å². The van der Waals surface area contributed by atoms with E-state index in [4.69, 9.17) is 5.11 Å². The van der Waals surface area contributed by atoms with E-state index in [0.717, 1.165) is 17.9 Å². The van der Waals surface area contributed by atoms with Crippen LogP contribution in [0.2, 0.25) is 0 Å². The van der Waals surface area contributed by atoms with Crippen molar-refractivity contribution in [2.45, 2.75) is 13.3 Å². The summed E-state index contributed by atoms with van der Waals surface area (Å²) in [5.41, 5.74) is 1.25. The van der Waals surface area contributed by atoms with Crippen LogP contribution in [0.3, 0.4) is 0 Å². The normalized spacial score (nSPS) is 15.4. The summed E-state index contributed by atoms with van der Waals surface area (Å²) in [5.74, 6) is -0.000862. The Morgan fingerprint density at radius 3 is 2.56 bits per heavy atom. The van der Waals surface area contributed by atoms with E-state index in [9.17, 15) is 9.18 Å². The number of carbonyl (C=O) groups is 1. The highest BCUT2D eigenvalue weighted by atomic mass is 19.1. The van der Waals surface area contributed by atoms with Gasteiger partial charge in [0.15, 0.2) is 5.82 Å². The van der Waals surface area contributed by atoms with Crippen molar-refractivity contribution < 1.29 is 14.3 Å². The molecule has 1 N–H and O–H groups in total. The summed E-state index contributed by atoms with van der Waals surface area (Å²) < 4.78 is 14.1. The maximum atomic E-state index is 14.1. The Morgan fingerprint density at radius 1 is 1.20 bits per heavy atom. The van der Waals surface area contributed by atoms with Gasteiger partial charge in [-0.25, -0.2) is 14.4 Å². The Kier molecular flexibility index (Phi) is 5.23. The number of hydrogen-bond acceptors (Lipinski definition) is 5. The van der Waals surface area contributed by atoms with Crippen LogP contribution < -0.4 is 4.90 Å². The minimum atomic E-state index is -0.814. The van der Waals surface area contributed by atoms with Crippen LogP contribution in [0.5, 0.6) is 0 Å². The quantitative estimate of drug-likeness (QED) is 0.895. The van der Waals surface area contributed by atoms with E-state index in [1.807, 2.05) is 17.9 Å². The van der Waals surface area contributed by atoms with Gasteiger partial charge in [0.25, 0.3) is 0 Å². The molecule has 0 radical (unpaired) electrons. The van der Waals surface area contributed by atoms with Crippen molar-refractivity contribution in [3.05, 3.63) is 41.8 Å². The molecule has 0 amide bonds. The highest BCUT2D eigenvalue weighted by Gasteiger charge is 2.21. The number of halogens is 1. The van der Waals surface area contributed by atoms with E-state index in [1.54, 1.807) is 18.2 Å². The van der Waals surface area contributed by atoms with Crippen LogP contribution in [0, 0.1) is 5.82 Å². The van der Waals surface area contributed by atoms with Crippen LogP contribution in [-0.4, -0.2) is 58.7 Å². The predicted molar refractivity (Wildman–Crippen MR) is 93.1 cm³/mol. The third-order valence-electron chi connectivity index (χ3n) is 4.30. The third-order valence-corrected chi connectivity index (χ3v) is 4.30. The first-order valence-electron chi connectivity index (χ1n) is 8.38. The first-order valence-corrected chi connectivity index (χ1v) is 8.38. The summed E-state index contributed by atoms with van der Waals surface area (Å²) in [5, 5.41) is 8.89. The maximum Gasteiger partial charge on any atom is 0.317 e. The average Bonchev–Trinajstić information content (AvgIpc) is 2.62. The average molecular weight is 344 g/mol. The summed E-state index contributed by atoms with van der Waals surface area (Å²) >= 11 is 0. The second-order valence-electron chi connectivity index (χ2n) is 6.03. The summed E-state index contributed by atoms with van der Waals surface area (Å²) in [4.78, 5) is 23.9. The molecule has 1 aliphatic heterocycles. The molecule has 1 fully saturated rings. The van der Waals surface area contributed by atoms with Gasteiger partial charge in [0, 0.05) is 37.9 Å². The van der Waals surface area contributed by atoms with Gasteiger partial charge in [-0.05, 0) is 18.6 Å². The number of nitrogens with zero attached hydrogens (tertiary/aromatic N) is 4. The second-order valence-corrected chi connectivity index (χ2v) is 6.03. The number of benzene rings is 1. The lowest BCUT2D eigenvalue weighted by Gasteiger charge is -2.34. The monoisotopic (exact) mass is 344 g/mol. The highest BCUT2D eigenvalue weighted by Crippen LogP contribution is 2.23. The summed E-state index contributed by atoms with van der Waals surface area (Å²) in [7, 11) is 0. The Labute approximate surface area is 145 Å². The molecule has 132 valence electrons. The zero-order valence-corrected chi connectivity index (χ0v) is 14.2. The molecule has 1 aromatic carbocycles. The maximum absolute atomic E-state index is 14.1. The minimum absolute atomic E-state index is 0.0539. The number of piperazine rings is 1. The second kappa shape index (κ2) is 7.57. The van der Waals surface area contributed by atoms with Gasteiger partial charge in [0.2, 0.25) is 0 Å². The van der Waals surface area contributed by atoms with Gasteiger partial charge >= 0.3 is 5.97 Å². The number of rotatable bonds is 5. The van der Waals surface area contributed by atoms with Crippen LogP contribution in [0.4, 0.5) is 10.2 Å². The summed E-state index contributed by atoms with van der Waals surface area (Å²) in [6.45, 7) is 4.74. The fourth-order valence-corrected chi connectivity index (χ4v) is 2.92. The van der Waals surface area contributed by atoms with Crippen molar-refractivity contribution in [1.29, 1.82) is 0 Å². The summed E-state index contributed by atoms with van der Waals surface area (Å²) in [6, 6.07) is 8.42. The molecule has 3 rings (SSSR count). The van der Waals surface area contributed by atoms with Crippen molar-refractivity contribution in [3.63, 3.8) is 0 Å². The molecular formula is C18H21FN4O2. The number of hydrogen-bond donors (Lipinski definition) is 1. The molecule has 1 aliphatic rings. The van der Waals surface area contributed by atoms with E-state index in [1.165, 1.54) is 6.07 Å². The molecular weight excluding hydrogens is 323 g/mol. The molecule has 2 aromatic rings. The first-order chi connectivity index (χ1) is 12.1. The van der Waals surface area contributed by atoms with E-state index in [-0.39, 0.29) is 12.4 Å². The number of aryl methyl sites for hydroxylation is 1. The van der Waals surface area contributed by atoms with Gasteiger partial charge < -0.3 is 10.0 Å². The first kappa shape index (κ1) is 17.3. The van der Waals surface area contributed by atoms with Gasteiger partial charge in [-0.3, -0.25) is 9.69 Å². The Balaban J connectivity index is 1.84. The Bertz CT molecular complexity index is 760. The van der Waals surface area contributed by atoms with Crippen molar-refractivity contribution >= 4 is 11.8 Å². The minimum Gasteiger partial charge on any atom is -0.480 e. The number of anilines is 1. The van der Waals surface area contributed by atoms with E-state index < -0.39 is 5.97 Å². The molecule has 6 nitrogen and oxygen atoms in total. The van der Waals surface area contributed by atoms with Crippen molar-refractivity contribution in [2.75, 3.05) is 37.6 Å². The SMILES string of the molecule is CCc1cc(N2CCN(CC(=O)O)CC2)nc(-c2ccccc2F)n1. The van der Waals surface area contributed by atoms with Gasteiger partial charge in [-0.2, -0.15) is 0 Å². The molecule has 1 saturated heterocycles. The Morgan fingerprint density at radius 2 is 1.92 bits per heavy atom. The van der Waals surface area contributed by atoms with Gasteiger partial charge in [-0.1, -0.05) is 19.1 Å². The van der Waals surface area contributed by atoms with Gasteiger partial charge in [0.05, 0.1) is 12.1 Å². The van der Waals surface area contributed by atoms with E-state index >= 15 is 0 Å². The van der Waals surface area contributed by atoms with Crippen molar-refractivity contribution in [3.8, 4) is 11.4 Å². The highest BCUT2D eigenvalue weighted by molar-refractivity contribution is 5.69. The molecule has 0 spiro atoms. The zero-order chi connectivity index (χ0) is 17.8. The molecule has 25 heavy (non-hydrogen) atoms. The number of aromatic nitrogens is 2. The van der Waals surface area contributed by atoms with Crippen molar-refractivity contribution in [1.82, 2.24) is 14.9 Å². The summed E-state index contributed by atoms with van der Waals surface area (Å²) in [6.07, 6.45) is 0.732. The lowest BCUT2D eigenvalue weighted by molar-refractivity contribution is -0.138. The van der Waals surface area contributed by atoms with Gasteiger partial charge in [0.1, 0.15) is 11.6 Å². The third kappa shape index (κ3) is 4.11. The van der Waals surface area contributed by atoms with E-state index in [0.29, 0.717) is 37.6 Å². The van der Waals surface area contributed by atoms with Crippen LogP contribution in [-0.2, 0) is 11.2 Å². The molecule has 0 aliphatic carbocycles. The Hall–Kier alpha value is -2.54. The van der Waals surface area contributed by atoms with Gasteiger partial charge in [-0.15, -0.1) is 0 Å². The fraction of sp³-hybridized carbons (Fsp3) is 0.389. The fourth-order valence-electron chi connectivity index (χ4n) is 2.92. The molecule has 7 heteroatoms. The lowest BCUT2D eigenvalue weighted by Crippen LogP contribution is -2.48. The molecule has 2 heterocycles. The number of carboxylic acid groups (broad SMARTS) is 1. The number of carboxylic acids is 1.